The summed E-state index contributed by atoms with van der Waals surface area (Å²) < 4.78 is 0. The second kappa shape index (κ2) is 8.54. The monoisotopic (exact) mass is 283 g/mol. The quantitative estimate of drug-likeness (QED) is 0.796. The Morgan fingerprint density at radius 2 is 1.74 bits per heavy atom. The highest BCUT2D eigenvalue weighted by Gasteiger charge is 2.18. The molecule has 0 saturated carbocycles. The molecule has 1 aromatic carbocycles. The van der Waals surface area contributed by atoms with Crippen LogP contribution in [-0.4, -0.2) is 50.1 Å². The minimum Gasteiger partial charge on any atom is -0.329 e. The third-order valence-corrected chi connectivity index (χ3v) is 3.52. The van der Waals surface area contributed by atoms with Crippen LogP contribution in [0.1, 0.15) is 24.9 Å². The molecule has 3 nitrogen and oxygen atoms in total. The zero-order chi connectivity index (χ0) is 14.3. The van der Waals surface area contributed by atoms with Gasteiger partial charge in [-0.2, -0.15) is 0 Å². The summed E-state index contributed by atoms with van der Waals surface area (Å²) in [4.78, 5) is 4.67. The maximum atomic E-state index is 5.99. The number of hydrogen-bond acceptors (Lipinski definition) is 3. The molecular weight excluding hydrogens is 258 g/mol. The van der Waals surface area contributed by atoms with E-state index < -0.39 is 0 Å². The topological polar surface area (TPSA) is 32.5 Å². The molecule has 0 aliphatic heterocycles. The Morgan fingerprint density at radius 3 is 2.21 bits per heavy atom. The molecule has 1 atom stereocenters. The fourth-order valence-electron chi connectivity index (χ4n) is 2.22. The van der Waals surface area contributed by atoms with Crippen LogP contribution in [0.2, 0.25) is 5.02 Å². The second-order valence-corrected chi connectivity index (χ2v) is 5.58. The Bertz CT molecular complexity index is 351. The van der Waals surface area contributed by atoms with Crippen LogP contribution in [0.5, 0.6) is 0 Å². The van der Waals surface area contributed by atoms with Gasteiger partial charge in [0, 0.05) is 30.7 Å². The Kier molecular flexibility index (Phi) is 7.39. The number of rotatable bonds is 8. The van der Waals surface area contributed by atoms with Crippen molar-refractivity contribution >= 4 is 11.6 Å². The van der Waals surface area contributed by atoms with Crippen molar-refractivity contribution in [3.8, 4) is 0 Å². The average Bonchev–Trinajstić information content (AvgIpc) is 2.38. The minimum absolute atomic E-state index is 0.275. The lowest BCUT2D eigenvalue weighted by atomic mass is 10.0. The maximum absolute atomic E-state index is 5.99. The van der Waals surface area contributed by atoms with Crippen molar-refractivity contribution in [2.45, 2.75) is 19.4 Å². The number of nitrogens with zero attached hydrogens (tertiary/aromatic N) is 2. The highest BCUT2D eigenvalue weighted by Crippen LogP contribution is 2.21. The molecule has 0 fully saturated rings. The van der Waals surface area contributed by atoms with Crippen LogP contribution >= 0.6 is 11.6 Å². The van der Waals surface area contributed by atoms with Crippen molar-refractivity contribution < 1.29 is 0 Å². The standard InChI is InChI=1S/C15H26ClN3/c1-4-9-19(11-10-18(2)3)15(12-17)13-5-7-14(16)8-6-13/h5-8,15H,4,9-12,17H2,1-3H3. The Labute approximate surface area is 122 Å². The predicted octanol–water partition coefficient (Wildman–Crippen LogP) is 2.61. The first-order chi connectivity index (χ1) is 9.08. The molecule has 0 spiro atoms. The van der Waals surface area contributed by atoms with Gasteiger partial charge in [-0.3, -0.25) is 4.90 Å². The van der Waals surface area contributed by atoms with E-state index in [0.717, 1.165) is 31.1 Å². The van der Waals surface area contributed by atoms with E-state index in [4.69, 9.17) is 17.3 Å². The number of nitrogens with two attached hydrogens (primary N) is 1. The van der Waals surface area contributed by atoms with Crippen molar-refractivity contribution in [3.05, 3.63) is 34.9 Å². The lowest BCUT2D eigenvalue weighted by Crippen LogP contribution is -2.38. The van der Waals surface area contributed by atoms with Crippen LogP contribution in [0, 0.1) is 0 Å². The molecule has 0 heterocycles. The van der Waals surface area contributed by atoms with Gasteiger partial charge in [-0.15, -0.1) is 0 Å². The van der Waals surface area contributed by atoms with Gasteiger partial charge in [0.2, 0.25) is 0 Å². The summed E-state index contributed by atoms with van der Waals surface area (Å²) in [5, 5.41) is 0.773. The summed E-state index contributed by atoms with van der Waals surface area (Å²) in [5.74, 6) is 0. The molecule has 19 heavy (non-hydrogen) atoms. The van der Waals surface area contributed by atoms with E-state index in [9.17, 15) is 0 Å². The molecule has 1 aromatic rings. The molecule has 1 rings (SSSR count). The van der Waals surface area contributed by atoms with Crippen LogP contribution in [0.25, 0.3) is 0 Å². The van der Waals surface area contributed by atoms with Gasteiger partial charge in [0.25, 0.3) is 0 Å². The summed E-state index contributed by atoms with van der Waals surface area (Å²) in [7, 11) is 4.20. The van der Waals surface area contributed by atoms with Gasteiger partial charge in [0.15, 0.2) is 0 Å². The van der Waals surface area contributed by atoms with Gasteiger partial charge in [-0.25, -0.2) is 0 Å². The zero-order valence-electron chi connectivity index (χ0n) is 12.3. The predicted molar refractivity (Wildman–Crippen MR) is 83.7 cm³/mol. The van der Waals surface area contributed by atoms with E-state index in [0.29, 0.717) is 6.54 Å². The van der Waals surface area contributed by atoms with Gasteiger partial charge >= 0.3 is 0 Å². The van der Waals surface area contributed by atoms with E-state index in [1.54, 1.807) is 0 Å². The summed E-state index contributed by atoms with van der Waals surface area (Å²) in [6.45, 7) is 5.99. The van der Waals surface area contributed by atoms with Gasteiger partial charge < -0.3 is 10.6 Å². The summed E-state index contributed by atoms with van der Waals surface area (Å²) >= 11 is 5.95. The zero-order valence-corrected chi connectivity index (χ0v) is 13.0. The van der Waals surface area contributed by atoms with Gasteiger partial charge in [-0.1, -0.05) is 30.7 Å². The Hall–Kier alpha value is -0.610. The van der Waals surface area contributed by atoms with Crippen molar-refractivity contribution in [1.82, 2.24) is 9.80 Å². The number of likely N-dealkylation sites (N-methyl/N-ethyl adjacent to an activating group) is 1. The first kappa shape index (κ1) is 16.4. The molecule has 0 amide bonds. The van der Waals surface area contributed by atoms with Crippen LogP contribution in [-0.2, 0) is 0 Å². The molecule has 2 N–H and O–H groups in total. The molecule has 0 aliphatic carbocycles. The molecule has 0 aromatic heterocycles. The van der Waals surface area contributed by atoms with Crippen molar-refractivity contribution in [2.75, 3.05) is 40.3 Å². The third-order valence-electron chi connectivity index (χ3n) is 3.26. The number of halogens is 1. The van der Waals surface area contributed by atoms with E-state index in [2.05, 4.69) is 43.0 Å². The second-order valence-electron chi connectivity index (χ2n) is 5.14. The van der Waals surface area contributed by atoms with E-state index in [1.807, 2.05) is 12.1 Å². The first-order valence-corrected chi connectivity index (χ1v) is 7.30. The van der Waals surface area contributed by atoms with Crippen molar-refractivity contribution in [2.24, 2.45) is 5.73 Å². The van der Waals surface area contributed by atoms with E-state index in [1.165, 1.54) is 5.56 Å². The van der Waals surface area contributed by atoms with Crippen LogP contribution in [0.15, 0.2) is 24.3 Å². The van der Waals surface area contributed by atoms with Gasteiger partial charge in [0.05, 0.1) is 0 Å². The molecule has 1 unspecified atom stereocenters. The van der Waals surface area contributed by atoms with Crippen LogP contribution < -0.4 is 5.73 Å². The number of benzene rings is 1. The molecule has 108 valence electrons. The first-order valence-electron chi connectivity index (χ1n) is 6.92. The van der Waals surface area contributed by atoms with Crippen LogP contribution in [0.3, 0.4) is 0 Å². The summed E-state index contributed by atoms with van der Waals surface area (Å²) in [6.07, 6.45) is 1.14. The molecule has 0 bridgehead atoms. The Morgan fingerprint density at radius 1 is 1.11 bits per heavy atom. The van der Waals surface area contributed by atoms with Crippen molar-refractivity contribution in [1.29, 1.82) is 0 Å². The molecule has 0 radical (unpaired) electrons. The highest BCUT2D eigenvalue weighted by molar-refractivity contribution is 6.30. The van der Waals surface area contributed by atoms with E-state index >= 15 is 0 Å². The van der Waals surface area contributed by atoms with Crippen LogP contribution in [0.4, 0.5) is 0 Å². The molecule has 0 saturated heterocycles. The Balaban J connectivity index is 2.79. The lowest BCUT2D eigenvalue weighted by Gasteiger charge is -2.32. The molecule has 4 heteroatoms. The highest BCUT2D eigenvalue weighted by atomic mass is 35.5. The summed E-state index contributed by atoms with van der Waals surface area (Å²) in [5.41, 5.74) is 7.24. The smallest absolute Gasteiger partial charge is 0.0471 e. The van der Waals surface area contributed by atoms with Gasteiger partial charge in [-0.05, 0) is 44.8 Å². The molecular formula is C15H26ClN3. The lowest BCUT2D eigenvalue weighted by molar-refractivity contribution is 0.182. The van der Waals surface area contributed by atoms with Crippen molar-refractivity contribution in [3.63, 3.8) is 0 Å². The molecule has 0 aliphatic rings. The fraction of sp³-hybridized carbons (Fsp3) is 0.600. The van der Waals surface area contributed by atoms with Gasteiger partial charge in [0.1, 0.15) is 0 Å². The largest absolute Gasteiger partial charge is 0.329 e. The summed E-state index contributed by atoms with van der Waals surface area (Å²) in [6, 6.07) is 8.32. The maximum Gasteiger partial charge on any atom is 0.0471 e. The minimum atomic E-state index is 0.275. The number of hydrogen-bond donors (Lipinski definition) is 1. The average molecular weight is 284 g/mol. The third kappa shape index (κ3) is 5.49. The SMILES string of the molecule is CCCN(CCN(C)C)C(CN)c1ccc(Cl)cc1. The van der Waals surface area contributed by atoms with E-state index in [-0.39, 0.29) is 6.04 Å². The fourth-order valence-corrected chi connectivity index (χ4v) is 2.35. The normalized spacial score (nSPS) is 13.2.